The van der Waals surface area contributed by atoms with Gasteiger partial charge in [0, 0.05) is 23.7 Å². The molecule has 0 bridgehead atoms. The molecule has 31 heavy (non-hydrogen) atoms. The van der Waals surface area contributed by atoms with Crippen LogP contribution in [0, 0.1) is 13.8 Å². The Morgan fingerprint density at radius 3 is 2.45 bits per heavy atom. The fourth-order valence-corrected chi connectivity index (χ4v) is 4.46. The number of nitrogens with zero attached hydrogens (tertiary/aromatic N) is 1. The molecule has 3 aromatic rings. The van der Waals surface area contributed by atoms with Gasteiger partial charge in [-0.2, -0.15) is 0 Å². The van der Waals surface area contributed by atoms with Crippen molar-refractivity contribution in [1.29, 1.82) is 0 Å². The summed E-state index contributed by atoms with van der Waals surface area (Å²) in [7, 11) is 2.06. The second-order valence-electron chi connectivity index (χ2n) is 8.09. The first-order valence-corrected chi connectivity index (χ1v) is 10.8. The van der Waals surface area contributed by atoms with E-state index in [0.717, 1.165) is 17.0 Å². The number of aryl methyl sites for hydroxylation is 2. The number of esters is 1. The van der Waals surface area contributed by atoms with E-state index in [9.17, 15) is 4.79 Å². The molecular formula is C26H26ClNO3. The summed E-state index contributed by atoms with van der Waals surface area (Å²) in [6.07, 6.45) is 0. The molecule has 0 saturated carbocycles. The highest BCUT2D eigenvalue weighted by atomic mass is 35.5. The Morgan fingerprint density at radius 2 is 1.71 bits per heavy atom. The maximum absolute atomic E-state index is 12.6. The van der Waals surface area contributed by atoms with Crippen molar-refractivity contribution in [2.75, 3.05) is 25.2 Å². The lowest BCUT2D eigenvalue weighted by molar-refractivity contribution is 0.0464. The van der Waals surface area contributed by atoms with Crippen molar-refractivity contribution < 1.29 is 14.3 Å². The number of ether oxygens (including phenoxy) is 2. The molecule has 0 saturated heterocycles. The first kappa shape index (κ1) is 21.3. The molecule has 4 rings (SSSR count). The molecule has 0 fully saturated rings. The van der Waals surface area contributed by atoms with E-state index < -0.39 is 0 Å². The topological polar surface area (TPSA) is 38.8 Å². The first-order chi connectivity index (χ1) is 14.9. The molecule has 3 aromatic carbocycles. The molecule has 0 aliphatic carbocycles. The molecule has 0 N–H and O–H groups in total. The molecule has 1 aliphatic rings. The third-order valence-electron chi connectivity index (χ3n) is 5.75. The fourth-order valence-electron chi connectivity index (χ4n) is 4.27. The summed E-state index contributed by atoms with van der Waals surface area (Å²) < 4.78 is 11.9. The van der Waals surface area contributed by atoms with Crippen molar-refractivity contribution >= 4 is 23.3 Å². The average Bonchev–Trinajstić information content (AvgIpc) is 3.01. The number of carbonyl (C=O) groups is 1. The predicted octanol–water partition coefficient (Wildman–Crippen LogP) is 5.79. The van der Waals surface area contributed by atoms with E-state index in [-0.39, 0.29) is 24.5 Å². The zero-order valence-electron chi connectivity index (χ0n) is 18.0. The van der Waals surface area contributed by atoms with Crippen LogP contribution < -0.4 is 9.64 Å². The number of hydrogen-bond acceptors (Lipinski definition) is 4. The molecule has 0 unspecified atom stereocenters. The molecule has 1 heterocycles. The summed E-state index contributed by atoms with van der Waals surface area (Å²) in [6, 6.07) is 21.3. The summed E-state index contributed by atoms with van der Waals surface area (Å²) in [5.74, 6) is 0.496. The number of carbonyl (C=O) groups excluding carboxylic acids is 1. The first-order valence-electron chi connectivity index (χ1n) is 10.4. The molecule has 0 amide bonds. The number of benzene rings is 3. The van der Waals surface area contributed by atoms with Crippen molar-refractivity contribution in [2.24, 2.45) is 0 Å². The molecule has 4 nitrogen and oxygen atoms in total. The molecule has 0 aromatic heterocycles. The van der Waals surface area contributed by atoms with Gasteiger partial charge in [0.15, 0.2) is 0 Å². The van der Waals surface area contributed by atoms with Crippen LogP contribution >= 0.6 is 11.6 Å². The van der Waals surface area contributed by atoms with E-state index in [1.807, 2.05) is 24.3 Å². The standard InChI is InChI=1S/C26H26ClNO3/c1-17-11-18(2)13-21(12-17)30-16-25-23(22-9-4-5-10-24(22)28(25)3)15-31-26(29)19-7-6-8-20(27)14-19/h4-14,23,25H,15-16H2,1-3H3/t23-,25-/m1/s1. The Kier molecular flexibility index (Phi) is 6.19. The molecule has 160 valence electrons. The van der Waals surface area contributed by atoms with Crippen LogP contribution in [0.5, 0.6) is 5.75 Å². The summed E-state index contributed by atoms with van der Waals surface area (Å²) in [6.45, 7) is 4.89. The van der Waals surface area contributed by atoms with Gasteiger partial charge in [0.05, 0.1) is 11.6 Å². The van der Waals surface area contributed by atoms with Crippen molar-refractivity contribution in [1.82, 2.24) is 0 Å². The summed E-state index contributed by atoms with van der Waals surface area (Å²) in [5.41, 5.74) is 5.10. The van der Waals surface area contributed by atoms with Crippen LogP contribution in [0.3, 0.4) is 0 Å². The molecule has 1 aliphatic heterocycles. The second-order valence-corrected chi connectivity index (χ2v) is 8.52. The van der Waals surface area contributed by atoms with Gasteiger partial charge in [-0.05, 0) is 66.9 Å². The van der Waals surface area contributed by atoms with Crippen molar-refractivity contribution in [2.45, 2.75) is 25.8 Å². The van der Waals surface area contributed by atoms with Gasteiger partial charge in [-0.1, -0.05) is 41.9 Å². The van der Waals surface area contributed by atoms with Crippen molar-refractivity contribution in [3.8, 4) is 5.75 Å². The number of hydrogen-bond donors (Lipinski definition) is 0. The van der Waals surface area contributed by atoms with Gasteiger partial charge < -0.3 is 14.4 Å². The van der Waals surface area contributed by atoms with Crippen molar-refractivity contribution in [3.05, 3.63) is 94.0 Å². The van der Waals surface area contributed by atoms with Gasteiger partial charge in [0.2, 0.25) is 0 Å². The molecule has 5 heteroatoms. The van der Waals surface area contributed by atoms with Gasteiger partial charge in [0.1, 0.15) is 19.0 Å². The Morgan fingerprint density at radius 1 is 0.968 bits per heavy atom. The van der Waals surface area contributed by atoms with E-state index in [0.29, 0.717) is 17.2 Å². The van der Waals surface area contributed by atoms with E-state index in [4.69, 9.17) is 21.1 Å². The quantitative estimate of drug-likeness (QED) is 0.459. The number of rotatable bonds is 6. The molecular weight excluding hydrogens is 410 g/mol. The number of likely N-dealkylation sites (N-methyl/N-ethyl adjacent to an activating group) is 1. The summed E-state index contributed by atoms with van der Waals surface area (Å²) in [5, 5.41) is 0.514. The maximum Gasteiger partial charge on any atom is 0.338 e. The minimum absolute atomic E-state index is 0.00948. The Hall–Kier alpha value is -2.98. The Labute approximate surface area is 188 Å². The summed E-state index contributed by atoms with van der Waals surface area (Å²) in [4.78, 5) is 14.8. The highest BCUT2D eigenvalue weighted by Crippen LogP contribution is 2.40. The number of halogens is 1. The van der Waals surface area contributed by atoms with Crippen LogP contribution in [0.25, 0.3) is 0 Å². The van der Waals surface area contributed by atoms with Gasteiger partial charge in [-0.3, -0.25) is 0 Å². The van der Waals surface area contributed by atoms with Gasteiger partial charge >= 0.3 is 5.97 Å². The van der Waals surface area contributed by atoms with Crippen LogP contribution in [0.4, 0.5) is 5.69 Å². The molecule has 0 spiro atoms. The second kappa shape index (κ2) is 9.03. The predicted molar refractivity (Wildman–Crippen MR) is 125 cm³/mol. The minimum atomic E-state index is -0.372. The third kappa shape index (κ3) is 4.70. The van der Waals surface area contributed by atoms with Crippen LogP contribution in [0.1, 0.15) is 33.0 Å². The van der Waals surface area contributed by atoms with E-state index in [2.05, 4.69) is 44.0 Å². The Bertz CT molecular complexity index is 1080. The average molecular weight is 436 g/mol. The minimum Gasteiger partial charge on any atom is -0.491 e. The van der Waals surface area contributed by atoms with Gasteiger partial charge in [-0.25, -0.2) is 4.79 Å². The van der Waals surface area contributed by atoms with Crippen LogP contribution in [0.2, 0.25) is 5.02 Å². The number of para-hydroxylation sites is 1. The molecule has 0 radical (unpaired) electrons. The third-order valence-corrected chi connectivity index (χ3v) is 5.98. The highest BCUT2D eigenvalue weighted by Gasteiger charge is 2.37. The SMILES string of the molecule is Cc1cc(C)cc(OC[C@@H]2[C@H](COC(=O)c3cccc(Cl)c3)c3ccccc3N2C)c1. The number of fused-ring (bicyclic) bond motifs is 1. The van der Waals surface area contributed by atoms with Gasteiger partial charge in [0.25, 0.3) is 0 Å². The largest absolute Gasteiger partial charge is 0.491 e. The van der Waals surface area contributed by atoms with E-state index in [1.54, 1.807) is 24.3 Å². The lowest BCUT2D eigenvalue weighted by Crippen LogP contribution is -2.38. The lowest BCUT2D eigenvalue weighted by Gasteiger charge is -2.27. The smallest absolute Gasteiger partial charge is 0.338 e. The zero-order valence-corrected chi connectivity index (χ0v) is 18.7. The monoisotopic (exact) mass is 435 g/mol. The maximum atomic E-state index is 12.6. The van der Waals surface area contributed by atoms with Crippen LogP contribution in [-0.2, 0) is 4.74 Å². The van der Waals surface area contributed by atoms with Crippen LogP contribution in [-0.4, -0.2) is 32.3 Å². The normalized spacial score (nSPS) is 17.4. The Balaban J connectivity index is 1.51. The van der Waals surface area contributed by atoms with Crippen LogP contribution in [0.15, 0.2) is 66.7 Å². The lowest BCUT2D eigenvalue weighted by atomic mass is 9.96. The zero-order chi connectivity index (χ0) is 22.0. The summed E-state index contributed by atoms with van der Waals surface area (Å²) >= 11 is 6.02. The van der Waals surface area contributed by atoms with E-state index in [1.165, 1.54) is 11.1 Å². The van der Waals surface area contributed by atoms with E-state index >= 15 is 0 Å². The van der Waals surface area contributed by atoms with Crippen molar-refractivity contribution in [3.63, 3.8) is 0 Å². The number of anilines is 1. The van der Waals surface area contributed by atoms with Gasteiger partial charge in [-0.15, -0.1) is 0 Å². The fraction of sp³-hybridized carbons (Fsp3) is 0.269. The highest BCUT2D eigenvalue weighted by molar-refractivity contribution is 6.30. The molecule has 2 atom stereocenters.